The predicted octanol–water partition coefficient (Wildman–Crippen LogP) is 2.69. The maximum atomic E-state index is 5.90. The van der Waals surface area contributed by atoms with Gasteiger partial charge >= 0.3 is 0 Å². The van der Waals surface area contributed by atoms with Gasteiger partial charge in [-0.05, 0) is 32.1 Å². The first-order chi connectivity index (χ1) is 7.65. The van der Waals surface area contributed by atoms with Crippen molar-refractivity contribution in [1.82, 2.24) is 5.01 Å². The normalized spacial score (nSPS) is 28.9. The van der Waals surface area contributed by atoms with Gasteiger partial charge in [-0.3, -0.25) is 0 Å². The highest BCUT2D eigenvalue weighted by Gasteiger charge is 2.27. The molecule has 0 bridgehead atoms. The lowest BCUT2D eigenvalue weighted by molar-refractivity contribution is 0.0705. The van der Waals surface area contributed by atoms with E-state index in [4.69, 9.17) is 4.74 Å². The number of nitrogens with zero attached hydrogens (tertiary/aromatic N) is 2. The molecule has 92 valence electrons. The Balaban J connectivity index is 2.64. The van der Waals surface area contributed by atoms with E-state index in [2.05, 4.69) is 18.1 Å². The molecule has 0 aromatic carbocycles. The van der Waals surface area contributed by atoms with Gasteiger partial charge in [0.1, 0.15) is 6.10 Å². The first-order valence-electron chi connectivity index (χ1n) is 6.12. The summed E-state index contributed by atoms with van der Waals surface area (Å²) in [4.78, 5) is 0. The number of hydrazone groups is 1. The molecule has 2 atom stereocenters. The van der Waals surface area contributed by atoms with E-state index in [1.165, 1.54) is 18.6 Å². The SMILES string of the molecule is C/C=C\CO[C@H]1/C(=N/N(C)C)CCC[C@@H]1C. The highest BCUT2D eigenvalue weighted by atomic mass is 16.5. The Bertz CT molecular complexity index is 259. The summed E-state index contributed by atoms with van der Waals surface area (Å²) in [6.45, 7) is 4.96. The second kappa shape index (κ2) is 6.69. The van der Waals surface area contributed by atoms with Crippen LogP contribution in [-0.2, 0) is 4.74 Å². The molecular formula is C13H24N2O. The largest absolute Gasteiger partial charge is 0.368 e. The van der Waals surface area contributed by atoms with Gasteiger partial charge in [-0.2, -0.15) is 5.10 Å². The van der Waals surface area contributed by atoms with E-state index < -0.39 is 0 Å². The lowest BCUT2D eigenvalue weighted by atomic mass is 9.86. The van der Waals surface area contributed by atoms with Gasteiger partial charge in [-0.15, -0.1) is 0 Å². The van der Waals surface area contributed by atoms with Crippen LogP contribution < -0.4 is 0 Å². The zero-order valence-corrected chi connectivity index (χ0v) is 10.9. The van der Waals surface area contributed by atoms with Gasteiger partial charge in [0.15, 0.2) is 0 Å². The van der Waals surface area contributed by atoms with Gasteiger partial charge in [-0.1, -0.05) is 19.1 Å². The minimum Gasteiger partial charge on any atom is -0.368 e. The summed E-state index contributed by atoms with van der Waals surface area (Å²) < 4.78 is 5.90. The molecule has 1 aliphatic carbocycles. The van der Waals surface area contributed by atoms with Crippen molar-refractivity contribution in [1.29, 1.82) is 0 Å². The van der Waals surface area contributed by atoms with Gasteiger partial charge in [0.2, 0.25) is 0 Å². The first kappa shape index (κ1) is 13.2. The van der Waals surface area contributed by atoms with E-state index >= 15 is 0 Å². The van der Waals surface area contributed by atoms with Gasteiger partial charge in [0.05, 0.1) is 12.3 Å². The molecule has 3 heteroatoms. The fourth-order valence-corrected chi connectivity index (χ4v) is 2.11. The van der Waals surface area contributed by atoms with Crippen LogP contribution in [0, 0.1) is 5.92 Å². The number of hydrogen-bond acceptors (Lipinski definition) is 3. The molecular weight excluding hydrogens is 200 g/mol. The van der Waals surface area contributed by atoms with Crippen molar-refractivity contribution in [2.45, 2.75) is 39.2 Å². The third-order valence-corrected chi connectivity index (χ3v) is 2.87. The Hall–Kier alpha value is -0.830. The third kappa shape index (κ3) is 3.97. The second-order valence-corrected chi connectivity index (χ2v) is 4.63. The Morgan fingerprint density at radius 2 is 2.25 bits per heavy atom. The van der Waals surface area contributed by atoms with E-state index in [1.807, 2.05) is 32.1 Å². The Morgan fingerprint density at radius 1 is 1.50 bits per heavy atom. The molecule has 0 aromatic heterocycles. The summed E-state index contributed by atoms with van der Waals surface area (Å²) in [5.41, 5.74) is 1.20. The Morgan fingerprint density at radius 3 is 2.88 bits per heavy atom. The predicted molar refractivity (Wildman–Crippen MR) is 68.7 cm³/mol. The van der Waals surface area contributed by atoms with Gasteiger partial charge in [-0.25, -0.2) is 0 Å². The topological polar surface area (TPSA) is 24.8 Å². The molecule has 1 saturated carbocycles. The summed E-state index contributed by atoms with van der Waals surface area (Å²) in [7, 11) is 3.94. The van der Waals surface area contributed by atoms with Crippen LogP contribution in [0.3, 0.4) is 0 Å². The molecule has 0 amide bonds. The van der Waals surface area contributed by atoms with Crippen molar-refractivity contribution in [3.63, 3.8) is 0 Å². The molecule has 1 rings (SSSR count). The number of allylic oxidation sites excluding steroid dienone is 1. The molecule has 0 saturated heterocycles. The zero-order chi connectivity index (χ0) is 12.0. The molecule has 1 fully saturated rings. The molecule has 0 N–H and O–H groups in total. The van der Waals surface area contributed by atoms with Crippen LogP contribution in [0.4, 0.5) is 0 Å². The van der Waals surface area contributed by atoms with Gasteiger partial charge in [0.25, 0.3) is 0 Å². The summed E-state index contributed by atoms with van der Waals surface area (Å²) in [6, 6.07) is 0. The van der Waals surface area contributed by atoms with Crippen molar-refractivity contribution in [3.05, 3.63) is 12.2 Å². The molecule has 0 aromatic rings. The quantitative estimate of drug-likeness (QED) is 0.542. The van der Waals surface area contributed by atoms with Crippen LogP contribution in [0.25, 0.3) is 0 Å². The molecule has 0 heterocycles. The van der Waals surface area contributed by atoms with E-state index in [1.54, 1.807) is 0 Å². The molecule has 3 nitrogen and oxygen atoms in total. The zero-order valence-electron chi connectivity index (χ0n) is 10.9. The van der Waals surface area contributed by atoms with Gasteiger partial charge in [0, 0.05) is 14.1 Å². The summed E-state index contributed by atoms with van der Waals surface area (Å²) in [5.74, 6) is 0.581. The van der Waals surface area contributed by atoms with Crippen molar-refractivity contribution < 1.29 is 4.74 Å². The van der Waals surface area contributed by atoms with Crippen LogP contribution >= 0.6 is 0 Å². The summed E-state index contributed by atoms with van der Waals surface area (Å²) in [5, 5.41) is 6.42. The minimum absolute atomic E-state index is 0.201. The number of rotatable bonds is 4. The molecule has 0 aliphatic heterocycles. The second-order valence-electron chi connectivity index (χ2n) is 4.63. The van der Waals surface area contributed by atoms with Crippen molar-refractivity contribution in [2.24, 2.45) is 11.0 Å². The van der Waals surface area contributed by atoms with E-state index in [-0.39, 0.29) is 6.10 Å². The van der Waals surface area contributed by atoms with Crippen LogP contribution in [0.15, 0.2) is 17.3 Å². The van der Waals surface area contributed by atoms with Gasteiger partial charge < -0.3 is 9.75 Å². The highest BCUT2D eigenvalue weighted by molar-refractivity contribution is 5.89. The average molecular weight is 224 g/mol. The van der Waals surface area contributed by atoms with E-state index in [0.29, 0.717) is 12.5 Å². The maximum absolute atomic E-state index is 5.90. The number of hydrogen-bond donors (Lipinski definition) is 0. The molecule has 0 radical (unpaired) electrons. The first-order valence-corrected chi connectivity index (χ1v) is 6.12. The lowest BCUT2D eigenvalue weighted by Crippen LogP contribution is -2.36. The monoisotopic (exact) mass is 224 g/mol. The average Bonchev–Trinajstić information content (AvgIpc) is 2.21. The molecule has 1 aliphatic rings. The number of ether oxygens (including phenoxy) is 1. The van der Waals surface area contributed by atoms with E-state index in [0.717, 1.165) is 6.42 Å². The van der Waals surface area contributed by atoms with Crippen molar-refractivity contribution >= 4 is 5.71 Å². The Labute approximate surface area is 99.2 Å². The molecule has 16 heavy (non-hydrogen) atoms. The standard InChI is InChI=1S/C13H24N2O/c1-5-6-10-16-13-11(2)8-7-9-12(13)14-15(3)4/h5-6,11,13H,7-10H2,1-4H3/b6-5-,14-12+/t11-,13+/m0/s1. The fraction of sp³-hybridized carbons (Fsp3) is 0.769. The molecule has 0 unspecified atom stereocenters. The Kier molecular flexibility index (Phi) is 5.53. The third-order valence-electron chi connectivity index (χ3n) is 2.87. The van der Waals surface area contributed by atoms with Crippen molar-refractivity contribution in [3.8, 4) is 0 Å². The van der Waals surface area contributed by atoms with Crippen LogP contribution in [0.1, 0.15) is 33.1 Å². The van der Waals surface area contributed by atoms with E-state index in [9.17, 15) is 0 Å². The summed E-state index contributed by atoms with van der Waals surface area (Å²) >= 11 is 0. The highest BCUT2D eigenvalue weighted by Crippen LogP contribution is 2.25. The van der Waals surface area contributed by atoms with Crippen LogP contribution in [0.2, 0.25) is 0 Å². The van der Waals surface area contributed by atoms with Crippen LogP contribution in [-0.4, -0.2) is 37.5 Å². The smallest absolute Gasteiger partial charge is 0.100 e. The maximum Gasteiger partial charge on any atom is 0.100 e. The minimum atomic E-state index is 0.201. The van der Waals surface area contributed by atoms with Crippen molar-refractivity contribution in [2.75, 3.05) is 20.7 Å². The fourth-order valence-electron chi connectivity index (χ4n) is 2.11. The molecule has 0 spiro atoms. The van der Waals surface area contributed by atoms with Crippen LogP contribution in [0.5, 0.6) is 0 Å². The summed E-state index contributed by atoms with van der Waals surface area (Å²) in [6.07, 6.45) is 7.82. The lowest BCUT2D eigenvalue weighted by Gasteiger charge is -2.30.